The van der Waals surface area contributed by atoms with E-state index in [1.54, 1.807) is 7.11 Å². The van der Waals surface area contributed by atoms with Crippen molar-refractivity contribution in [1.82, 2.24) is 9.47 Å². The fourth-order valence-corrected chi connectivity index (χ4v) is 4.11. The third-order valence-corrected chi connectivity index (χ3v) is 5.69. The van der Waals surface area contributed by atoms with Crippen LogP contribution in [0, 0.1) is 11.3 Å². The van der Waals surface area contributed by atoms with Gasteiger partial charge >= 0.3 is 0 Å². The zero-order valence-corrected chi connectivity index (χ0v) is 15.8. The lowest BCUT2D eigenvalue weighted by Gasteiger charge is -2.33. The van der Waals surface area contributed by atoms with Crippen LogP contribution in [0.5, 0.6) is 5.75 Å². The smallest absolute Gasteiger partial charge is 0.118 e. The van der Waals surface area contributed by atoms with Gasteiger partial charge in [-0.1, -0.05) is 24.3 Å². The van der Waals surface area contributed by atoms with E-state index in [1.165, 1.54) is 5.56 Å². The molecule has 1 aliphatic heterocycles. The molecule has 27 heavy (non-hydrogen) atoms. The second-order valence-electron chi connectivity index (χ2n) is 7.25. The number of likely N-dealkylation sites (tertiary alicyclic amines) is 1. The van der Waals surface area contributed by atoms with Crippen LogP contribution in [0.15, 0.2) is 54.7 Å². The molecule has 3 aromatic rings. The van der Waals surface area contributed by atoms with Gasteiger partial charge in [-0.05, 0) is 49.1 Å². The number of ether oxygens (including phenoxy) is 1. The Labute approximate surface area is 160 Å². The summed E-state index contributed by atoms with van der Waals surface area (Å²) in [4.78, 5) is 2.55. The molecule has 1 fully saturated rings. The first kappa shape index (κ1) is 17.6. The van der Waals surface area contributed by atoms with Gasteiger partial charge in [0.2, 0.25) is 0 Å². The summed E-state index contributed by atoms with van der Waals surface area (Å²) in [5.74, 6) is 0.912. The van der Waals surface area contributed by atoms with Crippen molar-refractivity contribution in [2.45, 2.75) is 25.3 Å². The molecule has 0 atom stereocenters. The molecular weight excluding hydrogens is 334 g/mol. The number of para-hydroxylation sites is 1. The van der Waals surface area contributed by atoms with Crippen molar-refractivity contribution in [2.75, 3.05) is 26.7 Å². The summed E-state index contributed by atoms with van der Waals surface area (Å²) in [6.45, 7) is 3.30. The maximum Gasteiger partial charge on any atom is 0.118 e. The summed E-state index contributed by atoms with van der Waals surface area (Å²) in [5, 5.41) is 10.6. The molecule has 1 saturated heterocycles. The Bertz CT molecular complexity index is 944. The first-order valence-corrected chi connectivity index (χ1v) is 9.63. The monoisotopic (exact) mass is 359 g/mol. The Morgan fingerprint density at radius 1 is 1.07 bits per heavy atom. The molecule has 2 aromatic carbocycles. The molecule has 138 valence electrons. The number of hydrogen-bond acceptors (Lipinski definition) is 3. The van der Waals surface area contributed by atoms with E-state index in [-0.39, 0.29) is 0 Å². The predicted octanol–water partition coefficient (Wildman–Crippen LogP) is 4.40. The molecule has 0 spiro atoms. The Balaban J connectivity index is 1.37. The fourth-order valence-electron chi connectivity index (χ4n) is 4.11. The second-order valence-corrected chi connectivity index (χ2v) is 7.25. The van der Waals surface area contributed by atoms with E-state index >= 15 is 0 Å². The van der Waals surface area contributed by atoms with Crippen molar-refractivity contribution in [3.8, 4) is 11.8 Å². The van der Waals surface area contributed by atoms with Crippen LogP contribution in [0.2, 0.25) is 0 Å². The number of hydrogen-bond donors (Lipinski definition) is 0. The first-order valence-electron chi connectivity index (χ1n) is 9.63. The number of nitriles is 1. The number of methoxy groups -OCH3 is 1. The summed E-state index contributed by atoms with van der Waals surface area (Å²) in [5.41, 5.74) is 3.23. The summed E-state index contributed by atoms with van der Waals surface area (Å²) < 4.78 is 7.55. The summed E-state index contributed by atoms with van der Waals surface area (Å²) in [7, 11) is 1.70. The third-order valence-electron chi connectivity index (χ3n) is 5.69. The van der Waals surface area contributed by atoms with E-state index in [0.29, 0.717) is 6.04 Å². The van der Waals surface area contributed by atoms with Crippen LogP contribution in [0.3, 0.4) is 0 Å². The molecular formula is C23H25N3O. The van der Waals surface area contributed by atoms with Gasteiger partial charge in [0.25, 0.3) is 0 Å². The van der Waals surface area contributed by atoms with E-state index in [1.807, 2.05) is 24.3 Å². The number of fused-ring (bicyclic) bond motifs is 1. The van der Waals surface area contributed by atoms with Crippen LogP contribution in [-0.2, 0) is 6.42 Å². The Morgan fingerprint density at radius 2 is 1.85 bits per heavy atom. The number of piperidine rings is 1. The molecule has 4 nitrogen and oxygen atoms in total. The minimum atomic E-state index is 0.481. The largest absolute Gasteiger partial charge is 0.497 e. The van der Waals surface area contributed by atoms with Crippen LogP contribution in [-0.4, -0.2) is 36.2 Å². The molecule has 0 N–H and O–H groups in total. The lowest BCUT2D eigenvalue weighted by atomic mass is 10.0. The van der Waals surface area contributed by atoms with E-state index in [0.717, 1.165) is 61.1 Å². The molecule has 1 aliphatic rings. The van der Waals surface area contributed by atoms with E-state index in [9.17, 15) is 5.26 Å². The molecule has 4 heteroatoms. The maximum absolute atomic E-state index is 9.45. The standard InChI is InChI=1S/C23H25N3O/c1-27-22-7-5-18(6-8-22)9-13-25-14-11-21(12-15-25)26-16-10-19-3-2-4-20(17-24)23(19)26/h2-8,10,16,21H,9,11-15H2,1H3. The second kappa shape index (κ2) is 7.85. The molecule has 0 unspecified atom stereocenters. The summed E-state index contributed by atoms with van der Waals surface area (Å²) >= 11 is 0. The average molecular weight is 359 g/mol. The number of nitrogens with zero attached hydrogens (tertiary/aromatic N) is 3. The number of benzene rings is 2. The first-order chi connectivity index (χ1) is 13.3. The third kappa shape index (κ3) is 3.70. The van der Waals surface area contributed by atoms with Crippen molar-refractivity contribution < 1.29 is 4.74 Å². The SMILES string of the molecule is COc1ccc(CCN2CCC(n3ccc4cccc(C#N)c43)CC2)cc1. The van der Waals surface area contributed by atoms with Crippen molar-refractivity contribution in [3.63, 3.8) is 0 Å². The van der Waals surface area contributed by atoms with E-state index in [4.69, 9.17) is 4.74 Å². The molecule has 0 aliphatic carbocycles. The van der Waals surface area contributed by atoms with Gasteiger partial charge < -0.3 is 14.2 Å². The zero-order valence-electron chi connectivity index (χ0n) is 15.8. The minimum Gasteiger partial charge on any atom is -0.497 e. The lowest BCUT2D eigenvalue weighted by Crippen LogP contribution is -2.35. The molecule has 2 heterocycles. The molecule has 0 radical (unpaired) electrons. The van der Waals surface area contributed by atoms with Gasteiger partial charge in [-0.15, -0.1) is 0 Å². The fraction of sp³-hybridized carbons (Fsp3) is 0.348. The average Bonchev–Trinajstić information content (AvgIpc) is 3.17. The highest BCUT2D eigenvalue weighted by molar-refractivity contribution is 5.85. The predicted molar refractivity (Wildman–Crippen MR) is 108 cm³/mol. The highest BCUT2D eigenvalue weighted by Crippen LogP contribution is 2.29. The van der Waals surface area contributed by atoms with Crippen LogP contribution >= 0.6 is 0 Å². The van der Waals surface area contributed by atoms with Gasteiger partial charge in [-0.2, -0.15) is 5.26 Å². The molecule has 1 aromatic heterocycles. The number of rotatable bonds is 5. The molecule has 0 bridgehead atoms. The quantitative estimate of drug-likeness (QED) is 0.678. The van der Waals surface area contributed by atoms with Crippen molar-refractivity contribution in [3.05, 3.63) is 65.9 Å². The van der Waals surface area contributed by atoms with Gasteiger partial charge in [0.15, 0.2) is 0 Å². The highest BCUT2D eigenvalue weighted by atomic mass is 16.5. The molecule has 0 amide bonds. The Hall–Kier alpha value is -2.77. The van der Waals surface area contributed by atoms with Crippen molar-refractivity contribution in [2.24, 2.45) is 0 Å². The Morgan fingerprint density at radius 3 is 2.56 bits per heavy atom. The van der Waals surface area contributed by atoms with Crippen LogP contribution in [0.4, 0.5) is 0 Å². The molecule has 4 rings (SSSR count). The van der Waals surface area contributed by atoms with Crippen LogP contribution in [0.1, 0.15) is 30.0 Å². The van der Waals surface area contributed by atoms with Crippen molar-refractivity contribution in [1.29, 1.82) is 5.26 Å². The summed E-state index contributed by atoms with van der Waals surface area (Å²) in [6.07, 6.45) is 5.49. The van der Waals surface area contributed by atoms with Gasteiger partial charge in [-0.25, -0.2) is 0 Å². The molecule has 0 saturated carbocycles. The van der Waals surface area contributed by atoms with Crippen LogP contribution in [0.25, 0.3) is 10.9 Å². The minimum absolute atomic E-state index is 0.481. The Kier molecular flexibility index (Phi) is 5.13. The highest BCUT2D eigenvalue weighted by Gasteiger charge is 2.22. The van der Waals surface area contributed by atoms with Crippen molar-refractivity contribution >= 4 is 10.9 Å². The van der Waals surface area contributed by atoms with Gasteiger partial charge in [-0.3, -0.25) is 0 Å². The lowest BCUT2D eigenvalue weighted by molar-refractivity contribution is 0.190. The van der Waals surface area contributed by atoms with Crippen LogP contribution < -0.4 is 4.74 Å². The van der Waals surface area contributed by atoms with Gasteiger partial charge in [0, 0.05) is 37.3 Å². The number of aromatic nitrogens is 1. The topological polar surface area (TPSA) is 41.2 Å². The van der Waals surface area contributed by atoms with Gasteiger partial charge in [0.05, 0.1) is 18.2 Å². The normalized spacial score (nSPS) is 15.7. The zero-order chi connectivity index (χ0) is 18.6. The van der Waals surface area contributed by atoms with Gasteiger partial charge in [0.1, 0.15) is 11.8 Å². The van der Waals surface area contributed by atoms with E-state index in [2.05, 4.69) is 46.0 Å². The summed E-state index contributed by atoms with van der Waals surface area (Å²) in [6, 6.07) is 19.3. The maximum atomic E-state index is 9.45. The van der Waals surface area contributed by atoms with E-state index < -0.39 is 0 Å².